The summed E-state index contributed by atoms with van der Waals surface area (Å²) in [7, 11) is -3.74. The second-order valence-electron chi connectivity index (χ2n) is 8.44. The fourth-order valence-corrected chi connectivity index (χ4v) is 4.97. The Morgan fingerprint density at radius 3 is 2.27 bits per heavy atom. The van der Waals surface area contributed by atoms with Gasteiger partial charge in [-0.2, -0.15) is 0 Å². The van der Waals surface area contributed by atoms with Gasteiger partial charge in [0.25, 0.3) is 5.91 Å². The number of sulfonamides is 1. The van der Waals surface area contributed by atoms with Gasteiger partial charge >= 0.3 is 5.97 Å². The number of hydrogen-bond donors (Lipinski definition) is 1. The van der Waals surface area contributed by atoms with Crippen LogP contribution in [0.4, 0.5) is 0 Å². The number of carbonyl (C=O) groups excluding carboxylic acids is 2. The number of ether oxygens (including phenoxy) is 1. The van der Waals surface area contributed by atoms with Gasteiger partial charge in [0, 0.05) is 38.8 Å². The number of nitrogens with zero attached hydrogens (tertiary/aromatic N) is 2. The minimum Gasteiger partial charge on any atom is -0.449 e. The molecule has 178 valence electrons. The molecule has 8 nitrogen and oxygen atoms in total. The zero-order chi connectivity index (χ0) is 24.0. The van der Waals surface area contributed by atoms with Gasteiger partial charge in [-0.3, -0.25) is 9.69 Å². The number of amides is 1. The van der Waals surface area contributed by atoms with Gasteiger partial charge in [0.15, 0.2) is 6.10 Å². The molecule has 1 amide bonds. The van der Waals surface area contributed by atoms with E-state index in [0.717, 1.165) is 19.6 Å². The Kier molecular flexibility index (Phi) is 8.23. The van der Waals surface area contributed by atoms with Gasteiger partial charge < -0.3 is 9.64 Å². The predicted molar refractivity (Wildman–Crippen MR) is 125 cm³/mol. The molecule has 1 N–H and O–H groups in total. The summed E-state index contributed by atoms with van der Waals surface area (Å²) in [4.78, 5) is 29.3. The molecule has 1 aliphatic heterocycles. The van der Waals surface area contributed by atoms with Crippen LogP contribution in [0, 0.1) is 0 Å². The van der Waals surface area contributed by atoms with Gasteiger partial charge in [0.1, 0.15) is 0 Å². The van der Waals surface area contributed by atoms with Crippen molar-refractivity contribution in [3.05, 3.63) is 65.7 Å². The zero-order valence-electron chi connectivity index (χ0n) is 19.2. The standard InChI is InChI=1S/C24H31N3O5S/c1-18(2)25-33(30,31)22-11-7-10-21(16-22)24(29)32-19(3)23(28)27-14-12-26(13-15-27)17-20-8-5-4-6-9-20/h4-11,16,18-19,25H,12-15,17H2,1-3H3. The average molecular weight is 474 g/mol. The normalized spacial score (nSPS) is 15.9. The van der Waals surface area contributed by atoms with E-state index in [4.69, 9.17) is 4.74 Å². The summed E-state index contributed by atoms with van der Waals surface area (Å²) in [5.74, 6) is -0.992. The largest absolute Gasteiger partial charge is 0.449 e. The van der Waals surface area contributed by atoms with Crippen molar-refractivity contribution in [2.45, 2.75) is 44.4 Å². The first kappa shape index (κ1) is 24.9. The molecule has 1 unspecified atom stereocenters. The van der Waals surface area contributed by atoms with Gasteiger partial charge in [-0.25, -0.2) is 17.9 Å². The fourth-order valence-electron chi connectivity index (χ4n) is 3.67. The third-order valence-corrected chi connectivity index (χ3v) is 6.99. The topological polar surface area (TPSA) is 96.0 Å². The third kappa shape index (κ3) is 6.86. The number of hydrogen-bond acceptors (Lipinski definition) is 6. The lowest BCUT2D eigenvalue weighted by Crippen LogP contribution is -2.51. The maximum atomic E-state index is 12.8. The molecule has 2 aromatic carbocycles. The summed E-state index contributed by atoms with van der Waals surface area (Å²) in [6.07, 6.45) is -0.966. The van der Waals surface area contributed by atoms with Crippen molar-refractivity contribution in [3.8, 4) is 0 Å². The number of nitrogens with one attached hydrogen (secondary N) is 1. The van der Waals surface area contributed by atoms with E-state index >= 15 is 0 Å². The maximum absolute atomic E-state index is 12.8. The first-order valence-corrected chi connectivity index (χ1v) is 12.5. The van der Waals surface area contributed by atoms with Crippen LogP contribution in [0.1, 0.15) is 36.7 Å². The van der Waals surface area contributed by atoms with Crippen LogP contribution in [0.25, 0.3) is 0 Å². The van der Waals surface area contributed by atoms with Gasteiger partial charge in [0.2, 0.25) is 10.0 Å². The van der Waals surface area contributed by atoms with Crippen molar-refractivity contribution in [3.63, 3.8) is 0 Å². The van der Waals surface area contributed by atoms with Crippen LogP contribution in [-0.2, 0) is 26.1 Å². The molecule has 1 aliphatic rings. The number of carbonyl (C=O) groups is 2. The van der Waals surface area contributed by atoms with E-state index in [-0.39, 0.29) is 22.4 Å². The number of rotatable bonds is 8. The Morgan fingerprint density at radius 2 is 1.64 bits per heavy atom. The molecule has 0 saturated carbocycles. The maximum Gasteiger partial charge on any atom is 0.338 e. The van der Waals surface area contributed by atoms with Crippen LogP contribution >= 0.6 is 0 Å². The quantitative estimate of drug-likeness (QED) is 0.591. The minimum atomic E-state index is -3.74. The van der Waals surface area contributed by atoms with E-state index in [1.807, 2.05) is 18.2 Å². The lowest BCUT2D eigenvalue weighted by Gasteiger charge is -2.35. The molecule has 1 atom stereocenters. The third-order valence-electron chi connectivity index (χ3n) is 5.34. The molecule has 0 spiro atoms. The molecule has 2 aromatic rings. The van der Waals surface area contributed by atoms with E-state index in [2.05, 4.69) is 21.8 Å². The van der Waals surface area contributed by atoms with Gasteiger partial charge in [-0.1, -0.05) is 36.4 Å². The smallest absolute Gasteiger partial charge is 0.338 e. The molecule has 9 heteroatoms. The van der Waals surface area contributed by atoms with E-state index in [0.29, 0.717) is 13.1 Å². The van der Waals surface area contributed by atoms with Gasteiger partial charge in [0.05, 0.1) is 10.5 Å². The highest BCUT2D eigenvalue weighted by atomic mass is 32.2. The summed E-state index contributed by atoms with van der Waals surface area (Å²) >= 11 is 0. The van der Waals surface area contributed by atoms with Crippen LogP contribution in [0.2, 0.25) is 0 Å². The molecule has 1 saturated heterocycles. The van der Waals surface area contributed by atoms with Crippen molar-refractivity contribution in [2.75, 3.05) is 26.2 Å². The van der Waals surface area contributed by atoms with Crippen molar-refractivity contribution >= 4 is 21.9 Å². The summed E-state index contributed by atoms with van der Waals surface area (Å²) < 4.78 is 32.6. The first-order valence-electron chi connectivity index (χ1n) is 11.0. The lowest BCUT2D eigenvalue weighted by molar-refractivity contribution is -0.141. The summed E-state index contributed by atoms with van der Waals surface area (Å²) in [5, 5.41) is 0. The van der Waals surface area contributed by atoms with Crippen LogP contribution in [-0.4, -0.2) is 68.4 Å². The Labute approximate surface area is 195 Å². The Hall–Kier alpha value is -2.75. The predicted octanol–water partition coefficient (Wildman–Crippen LogP) is 2.26. The van der Waals surface area contributed by atoms with E-state index in [9.17, 15) is 18.0 Å². The van der Waals surface area contributed by atoms with E-state index < -0.39 is 22.1 Å². The highest BCUT2D eigenvalue weighted by Crippen LogP contribution is 2.15. The average Bonchev–Trinajstić information content (AvgIpc) is 2.79. The van der Waals surface area contributed by atoms with Gasteiger partial charge in [-0.15, -0.1) is 0 Å². The molecule has 0 aromatic heterocycles. The molecule has 33 heavy (non-hydrogen) atoms. The zero-order valence-corrected chi connectivity index (χ0v) is 20.0. The molecule has 0 radical (unpaired) electrons. The summed E-state index contributed by atoms with van der Waals surface area (Å²) in [5.41, 5.74) is 1.31. The van der Waals surface area contributed by atoms with Gasteiger partial charge in [-0.05, 0) is 44.5 Å². The molecule has 3 rings (SSSR count). The lowest BCUT2D eigenvalue weighted by atomic mass is 10.2. The molecule has 0 bridgehead atoms. The van der Waals surface area contributed by atoms with Crippen LogP contribution < -0.4 is 4.72 Å². The SMILES string of the molecule is CC(C)NS(=O)(=O)c1cccc(C(=O)OC(C)C(=O)N2CCN(Cc3ccccc3)CC2)c1. The highest BCUT2D eigenvalue weighted by Gasteiger charge is 2.28. The van der Waals surface area contributed by atoms with Crippen molar-refractivity contribution in [2.24, 2.45) is 0 Å². The number of piperazine rings is 1. The minimum absolute atomic E-state index is 0.0285. The van der Waals surface area contributed by atoms with Crippen LogP contribution in [0.5, 0.6) is 0 Å². The Bertz CT molecular complexity index is 1060. The Morgan fingerprint density at radius 1 is 0.970 bits per heavy atom. The molecule has 1 heterocycles. The monoisotopic (exact) mass is 473 g/mol. The first-order chi connectivity index (χ1) is 15.7. The van der Waals surface area contributed by atoms with Crippen molar-refractivity contribution < 1.29 is 22.7 Å². The molecule has 0 aliphatic carbocycles. The van der Waals surface area contributed by atoms with E-state index in [1.54, 1.807) is 18.7 Å². The number of esters is 1. The van der Waals surface area contributed by atoms with Crippen LogP contribution in [0.3, 0.4) is 0 Å². The second kappa shape index (κ2) is 10.9. The molecular formula is C24H31N3O5S. The van der Waals surface area contributed by atoms with E-state index in [1.165, 1.54) is 36.8 Å². The summed E-state index contributed by atoms with van der Waals surface area (Å²) in [6.45, 7) is 8.39. The molecular weight excluding hydrogens is 442 g/mol. The highest BCUT2D eigenvalue weighted by molar-refractivity contribution is 7.89. The van der Waals surface area contributed by atoms with Crippen LogP contribution in [0.15, 0.2) is 59.5 Å². The Balaban J connectivity index is 1.55. The molecule has 1 fully saturated rings. The fraction of sp³-hybridized carbons (Fsp3) is 0.417. The van der Waals surface area contributed by atoms with Crippen molar-refractivity contribution in [1.82, 2.24) is 14.5 Å². The van der Waals surface area contributed by atoms with Crippen molar-refractivity contribution in [1.29, 1.82) is 0 Å². The summed E-state index contributed by atoms with van der Waals surface area (Å²) in [6, 6.07) is 15.5. The number of benzene rings is 2. The second-order valence-corrected chi connectivity index (χ2v) is 10.2.